The normalized spacial score (nSPS) is 16.8. The highest BCUT2D eigenvalue weighted by Gasteiger charge is 2.20. The zero-order valence-electron chi connectivity index (χ0n) is 16.7. The van der Waals surface area contributed by atoms with Gasteiger partial charge in [-0.25, -0.2) is 0 Å². The first-order valence-electron chi connectivity index (χ1n) is 10.2. The smallest absolute Gasteiger partial charge is 0.199 e. The van der Waals surface area contributed by atoms with Crippen molar-refractivity contribution in [1.82, 2.24) is 0 Å². The number of hydrogen-bond donors (Lipinski definition) is 1. The monoisotopic (exact) mass is 400 g/mol. The van der Waals surface area contributed by atoms with Gasteiger partial charge in [0.15, 0.2) is 12.1 Å². The summed E-state index contributed by atoms with van der Waals surface area (Å²) in [4.78, 5) is 13.4. The third-order valence-corrected chi connectivity index (χ3v) is 5.06. The summed E-state index contributed by atoms with van der Waals surface area (Å²) in [6.07, 6.45) is 4.45. The van der Waals surface area contributed by atoms with Crippen LogP contribution in [-0.4, -0.2) is 23.8 Å². The summed E-state index contributed by atoms with van der Waals surface area (Å²) in [7, 11) is 0. The number of aromatic hydroxyl groups is 1. The lowest BCUT2D eigenvalue weighted by Crippen LogP contribution is -2.24. The predicted molar refractivity (Wildman–Crippen MR) is 117 cm³/mol. The molecule has 1 fully saturated rings. The first-order chi connectivity index (χ1) is 14.7. The molecule has 0 saturated carbocycles. The van der Waals surface area contributed by atoms with Crippen LogP contribution < -0.4 is 4.74 Å². The average molecular weight is 400 g/mol. The second kappa shape index (κ2) is 9.42. The molecule has 4 heteroatoms. The van der Waals surface area contributed by atoms with E-state index in [-0.39, 0.29) is 23.4 Å². The van der Waals surface area contributed by atoms with Crippen molar-refractivity contribution >= 4 is 17.4 Å². The fourth-order valence-electron chi connectivity index (χ4n) is 3.49. The molecular formula is C26H24O4. The van der Waals surface area contributed by atoms with Crippen molar-refractivity contribution in [3.63, 3.8) is 0 Å². The number of phenols is 1. The number of carbonyl (C=O) groups is 1. The first kappa shape index (κ1) is 19.9. The van der Waals surface area contributed by atoms with Crippen LogP contribution in [0.25, 0.3) is 11.6 Å². The third kappa shape index (κ3) is 4.78. The number of hydrogen-bond acceptors (Lipinski definition) is 4. The van der Waals surface area contributed by atoms with Gasteiger partial charge in [0, 0.05) is 18.1 Å². The molecule has 0 amide bonds. The summed E-state index contributed by atoms with van der Waals surface area (Å²) in [5, 5.41) is 10.6. The molecule has 0 aromatic heterocycles. The topological polar surface area (TPSA) is 55.8 Å². The number of carbonyl (C=O) groups excluding carboxylic acids is 1. The minimum absolute atomic E-state index is 0.108. The SMILES string of the molecule is O=C(/C(=C/c1ccccc1)c1ccccc1)c1ccc(OC2CCCCO2)cc1O. The number of rotatable bonds is 6. The van der Waals surface area contributed by atoms with Crippen LogP contribution in [0.2, 0.25) is 0 Å². The molecule has 1 atom stereocenters. The third-order valence-electron chi connectivity index (χ3n) is 5.06. The Hall–Kier alpha value is -3.37. The van der Waals surface area contributed by atoms with E-state index in [0.29, 0.717) is 17.9 Å². The van der Waals surface area contributed by atoms with Crippen molar-refractivity contribution in [2.24, 2.45) is 0 Å². The van der Waals surface area contributed by atoms with Gasteiger partial charge < -0.3 is 14.6 Å². The average Bonchev–Trinajstić information content (AvgIpc) is 2.79. The van der Waals surface area contributed by atoms with E-state index in [4.69, 9.17) is 9.47 Å². The number of Topliss-reactive ketones (excluding diaryl/α,β-unsaturated/α-hetero) is 1. The Morgan fingerprint density at radius 1 is 0.967 bits per heavy atom. The zero-order valence-corrected chi connectivity index (χ0v) is 16.7. The number of ether oxygens (including phenoxy) is 2. The Morgan fingerprint density at radius 2 is 1.70 bits per heavy atom. The maximum Gasteiger partial charge on any atom is 0.199 e. The molecule has 1 saturated heterocycles. The van der Waals surface area contributed by atoms with Crippen LogP contribution in [0, 0.1) is 0 Å². The summed E-state index contributed by atoms with van der Waals surface area (Å²) < 4.78 is 11.4. The van der Waals surface area contributed by atoms with Crippen molar-refractivity contribution in [3.05, 3.63) is 95.6 Å². The Kier molecular flexibility index (Phi) is 6.26. The van der Waals surface area contributed by atoms with E-state index in [2.05, 4.69) is 0 Å². The Balaban J connectivity index is 1.63. The molecular weight excluding hydrogens is 376 g/mol. The minimum Gasteiger partial charge on any atom is -0.507 e. The van der Waals surface area contributed by atoms with Gasteiger partial charge in [-0.15, -0.1) is 0 Å². The lowest BCUT2D eigenvalue weighted by molar-refractivity contribution is -0.105. The molecule has 4 rings (SSSR count). The van der Waals surface area contributed by atoms with Crippen LogP contribution in [0.5, 0.6) is 11.5 Å². The number of phenolic OH excluding ortho intramolecular Hbond substituents is 1. The number of benzene rings is 3. The van der Waals surface area contributed by atoms with Crippen LogP contribution in [0.3, 0.4) is 0 Å². The highest BCUT2D eigenvalue weighted by Crippen LogP contribution is 2.31. The summed E-state index contributed by atoms with van der Waals surface area (Å²) in [5.41, 5.74) is 2.46. The molecule has 4 nitrogen and oxygen atoms in total. The van der Waals surface area contributed by atoms with Gasteiger partial charge in [0.25, 0.3) is 0 Å². The fourth-order valence-corrected chi connectivity index (χ4v) is 3.49. The minimum atomic E-state index is -0.308. The molecule has 0 radical (unpaired) electrons. The second-order valence-corrected chi connectivity index (χ2v) is 7.26. The molecule has 0 spiro atoms. The fraction of sp³-hybridized carbons (Fsp3) is 0.192. The van der Waals surface area contributed by atoms with Gasteiger partial charge in [0.1, 0.15) is 11.5 Å². The molecule has 1 unspecified atom stereocenters. The number of allylic oxidation sites excluding steroid dienone is 1. The molecule has 0 aliphatic carbocycles. The molecule has 1 heterocycles. The van der Waals surface area contributed by atoms with Crippen molar-refractivity contribution in [2.75, 3.05) is 6.61 Å². The van der Waals surface area contributed by atoms with E-state index in [1.807, 2.05) is 66.7 Å². The summed E-state index contributed by atoms with van der Waals surface area (Å²) in [5.74, 6) is 0.135. The van der Waals surface area contributed by atoms with Crippen molar-refractivity contribution in [2.45, 2.75) is 25.6 Å². The van der Waals surface area contributed by atoms with Gasteiger partial charge in [-0.05, 0) is 42.2 Å². The molecule has 3 aromatic carbocycles. The molecule has 3 aromatic rings. The van der Waals surface area contributed by atoms with E-state index >= 15 is 0 Å². The van der Waals surface area contributed by atoms with Crippen LogP contribution >= 0.6 is 0 Å². The lowest BCUT2D eigenvalue weighted by Gasteiger charge is -2.23. The molecule has 0 bridgehead atoms. The maximum atomic E-state index is 13.4. The van der Waals surface area contributed by atoms with Gasteiger partial charge in [0.2, 0.25) is 0 Å². The second-order valence-electron chi connectivity index (χ2n) is 7.26. The molecule has 1 aliphatic rings. The van der Waals surface area contributed by atoms with Gasteiger partial charge in [-0.1, -0.05) is 60.7 Å². The largest absolute Gasteiger partial charge is 0.507 e. The molecule has 152 valence electrons. The van der Waals surface area contributed by atoms with Gasteiger partial charge in [-0.2, -0.15) is 0 Å². The number of ketones is 1. The van der Waals surface area contributed by atoms with Gasteiger partial charge in [0.05, 0.1) is 12.2 Å². The van der Waals surface area contributed by atoms with Crippen molar-refractivity contribution in [3.8, 4) is 11.5 Å². The van der Waals surface area contributed by atoms with Crippen molar-refractivity contribution < 1.29 is 19.4 Å². The summed E-state index contributed by atoms with van der Waals surface area (Å²) in [6, 6.07) is 23.9. The van der Waals surface area contributed by atoms with E-state index in [9.17, 15) is 9.90 Å². The van der Waals surface area contributed by atoms with Crippen LogP contribution in [0.1, 0.15) is 40.7 Å². The van der Waals surface area contributed by atoms with E-state index in [1.165, 1.54) is 6.07 Å². The lowest BCUT2D eigenvalue weighted by atomic mass is 9.94. The van der Waals surface area contributed by atoms with Crippen LogP contribution in [-0.2, 0) is 4.74 Å². The Morgan fingerprint density at radius 3 is 2.37 bits per heavy atom. The highest BCUT2D eigenvalue weighted by atomic mass is 16.7. The van der Waals surface area contributed by atoms with Gasteiger partial charge >= 0.3 is 0 Å². The zero-order chi connectivity index (χ0) is 20.8. The maximum absolute atomic E-state index is 13.4. The first-order valence-corrected chi connectivity index (χ1v) is 10.2. The quantitative estimate of drug-likeness (QED) is 0.327. The Labute approximate surface area is 176 Å². The van der Waals surface area contributed by atoms with Crippen molar-refractivity contribution in [1.29, 1.82) is 0 Å². The van der Waals surface area contributed by atoms with Crippen LogP contribution in [0.15, 0.2) is 78.9 Å². The standard InChI is InChI=1S/C26H24O4/c27-24-18-21(30-25-13-7-8-16-29-25)14-15-22(24)26(28)23(20-11-5-2-6-12-20)17-19-9-3-1-4-10-19/h1-6,9-12,14-15,17-18,25,27H,7-8,13,16H2/b23-17+. The molecule has 1 N–H and O–H groups in total. The van der Waals surface area contributed by atoms with Gasteiger partial charge in [-0.3, -0.25) is 4.79 Å². The molecule has 1 aliphatic heterocycles. The Bertz CT molecular complexity index is 1020. The van der Waals surface area contributed by atoms with Crippen LogP contribution in [0.4, 0.5) is 0 Å². The van der Waals surface area contributed by atoms with E-state index < -0.39 is 0 Å². The van der Waals surface area contributed by atoms with E-state index in [0.717, 1.165) is 30.4 Å². The predicted octanol–water partition coefficient (Wildman–Crippen LogP) is 5.72. The molecule has 30 heavy (non-hydrogen) atoms. The summed E-state index contributed by atoms with van der Waals surface area (Å²) in [6.45, 7) is 0.679. The van der Waals surface area contributed by atoms with E-state index in [1.54, 1.807) is 12.1 Å². The summed E-state index contributed by atoms with van der Waals surface area (Å²) >= 11 is 0. The highest BCUT2D eigenvalue weighted by molar-refractivity contribution is 6.33.